The Kier molecular flexibility index (Phi) is 9.88. The van der Waals surface area contributed by atoms with Gasteiger partial charge in [0.1, 0.15) is 0 Å². The Hall–Kier alpha value is -1.96. The maximum absolute atomic E-state index is 13.5. The first-order chi connectivity index (χ1) is 18.3. The summed E-state index contributed by atoms with van der Waals surface area (Å²) in [6.45, 7) is 3.90. The fourth-order valence-electron chi connectivity index (χ4n) is 6.40. The van der Waals surface area contributed by atoms with E-state index in [-0.39, 0.29) is 23.8 Å². The van der Waals surface area contributed by atoms with Crippen LogP contribution in [0.3, 0.4) is 0 Å². The number of nitrogens with zero attached hydrogens (tertiary/aromatic N) is 1. The third kappa shape index (κ3) is 6.26. The number of hydrogen-bond donors (Lipinski definition) is 3. The van der Waals surface area contributed by atoms with Gasteiger partial charge in [-0.15, -0.1) is 0 Å². The summed E-state index contributed by atoms with van der Waals surface area (Å²) >= 11 is 6.85. The van der Waals surface area contributed by atoms with Crippen LogP contribution in [0.5, 0.6) is 0 Å². The van der Waals surface area contributed by atoms with Crippen molar-refractivity contribution in [3.63, 3.8) is 0 Å². The Morgan fingerprint density at radius 2 is 2.00 bits per heavy atom. The Morgan fingerprint density at radius 3 is 2.71 bits per heavy atom. The molecule has 6 nitrogen and oxygen atoms in total. The molecule has 0 aromatic heterocycles. The largest absolute Gasteiger partial charge is 0.391 e. The van der Waals surface area contributed by atoms with Gasteiger partial charge in [0.05, 0.1) is 11.7 Å². The van der Waals surface area contributed by atoms with Gasteiger partial charge in [0, 0.05) is 55.3 Å². The summed E-state index contributed by atoms with van der Waals surface area (Å²) in [5.41, 5.74) is 8.75. The van der Waals surface area contributed by atoms with Crippen LogP contribution in [0.2, 0.25) is 5.02 Å². The fourth-order valence-corrected chi connectivity index (χ4v) is 6.68. The quantitative estimate of drug-likeness (QED) is 0.371. The predicted molar refractivity (Wildman–Crippen MR) is 152 cm³/mol. The number of carbonyl (C=O) groups is 1. The van der Waals surface area contributed by atoms with Gasteiger partial charge in [-0.05, 0) is 74.1 Å². The third-order valence-electron chi connectivity index (χ3n) is 8.59. The number of amides is 1. The van der Waals surface area contributed by atoms with Crippen LogP contribution in [0.4, 0.5) is 0 Å². The molecular formula is C31H43ClN2O4. The van der Waals surface area contributed by atoms with Crippen LogP contribution >= 0.6 is 11.6 Å². The highest BCUT2D eigenvalue weighted by Gasteiger charge is 2.44. The van der Waals surface area contributed by atoms with Crippen LogP contribution in [-0.4, -0.2) is 60.0 Å². The molecule has 2 aromatic carbocycles. The van der Waals surface area contributed by atoms with Crippen molar-refractivity contribution in [1.29, 1.82) is 0 Å². The number of carbonyl (C=O) groups excluding carboxylic acids is 1. The summed E-state index contributed by atoms with van der Waals surface area (Å²) in [5, 5.41) is 23.4. The molecule has 208 valence electrons. The van der Waals surface area contributed by atoms with Crippen LogP contribution < -0.4 is 5.73 Å². The lowest BCUT2D eigenvalue weighted by atomic mass is 9.72. The number of rotatable bonds is 10. The molecule has 5 atom stereocenters. The van der Waals surface area contributed by atoms with Crippen LogP contribution in [0.1, 0.15) is 63.0 Å². The number of hydrogen-bond acceptors (Lipinski definition) is 5. The monoisotopic (exact) mass is 542 g/mol. The molecule has 2 fully saturated rings. The molecule has 1 amide bonds. The number of piperidine rings is 1. The molecule has 4 rings (SSSR count). The number of unbranched alkanes of at least 4 members (excludes halogenated alkanes) is 1. The minimum Gasteiger partial charge on any atom is -0.391 e. The maximum Gasteiger partial charge on any atom is 0.225 e. The van der Waals surface area contributed by atoms with Crippen LogP contribution in [-0.2, 0) is 21.6 Å². The van der Waals surface area contributed by atoms with Gasteiger partial charge in [0.2, 0.25) is 5.91 Å². The lowest BCUT2D eigenvalue weighted by molar-refractivity contribution is -0.141. The lowest BCUT2D eigenvalue weighted by Crippen LogP contribution is -2.49. The number of likely N-dealkylation sites (tertiary alicyclic amines) is 1. The second-order valence-electron chi connectivity index (χ2n) is 11.1. The molecule has 4 N–H and O–H groups in total. The molecule has 2 aromatic rings. The van der Waals surface area contributed by atoms with Gasteiger partial charge in [-0.1, -0.05) is 54.9 Å². The summed E-state index contributed by atoms with van der Waals surface area (Å²) < 4.78 is 5.28. The van der Waals surface area contributed by atoms with E-state index in [1.807, 2.05) is 29.2 Å². The number of halogens is 1. The normalized spacial score (nSPS) is 25.4. The Labute approximate surface area is 232 Å². The standard InChI is InChI=1S/C31H43ClN2O4/c1-3-21-9-6-10-22(17-21)29-25(12-7-13-26(29)32)31(37,14-4-5-16-38-2)24-11-8-15-34(20-24)30(36)23-18-27(33)28(35)19-23/h6-7,9-10,12-13,17,23-24,27-28,35,37H,3-5,8,11,14-16,18-20,33H2,1-2H3/t23-,24+,27+,28-,31-/m0/s1. The van der Waals surface area contributed by atoms with E-state index in [0.717, 1.165) is 48.8 Å². The summed E-state index contributed by atoms with van der Waals surface area (Å²) in [5.74, 6) is -0.355. The first-order valence-electron chi connectivity index (χ1n) is 14.1. The smallest absolute Gasteiger partial charge is 0.225 e. The van der Waals surface area contributed by atoms with Crippen LogP contribution in [0.15, 0.2) is 42.5 Å². The average molecular weight is 543 g/mol. The molecule has 1 aliphatic heterocycles. The van der Waals surface area contributed by atoms with Gasteiger partial charge >= 0.3 is 0 Å². The van der Waals surface area contributed by atoms with Crippen LogP contribution in [0.25, 0.3) is 11.1 Å². The van der Waals surface area contributed by atoms with Gasteiger partial charge in [0.15, 0.2) is 0 Å². The van der Waals surface area contributed by atoms with Crippen molar-refractivity contribution in [3.05, 3.63) is 58.6 Å². The molecular weight excluding hydrogens is 500 g/mol. The molecule has 1 heterocycles. The summed E-state index contributed by atoms with van der Waals surface area (Å²) in [6, 6.07) is 13.8. The molecule has 0 radical (unpaired) electrons. The SMILES string of the molecule is CCc1cccc(-c2c(Cl)cccc2[C@](O)(CCCCOC)[C@@H]2CCCN(C(=O)[C@H]3C[C@@H](N)[C@@H](O)C3)C2)c1. The minimum absolute atomic E-state index is 0.0467. The van der Waals surface area contributed by atoms with Crippen molar-refractivity contribution < 1.29 is 19.7 Å². The molecule has 1 aliphatic carbocycles. The van der Waals surface area contributed by atoms with Crippen molar-refractivity contribution in [2.45, 2.75) is 76.0 Å². The summed E-state index contributed by atoms with van der Waals surface area (Å²) in [6.07, 6.45) is 5.02. The van der Waals surface area contributed by atoms with E-state index in [9.17, 15) is 15.0 Å². The highest BCUT2D eigenvalue weighted by atomic mass is 35.5. The zero-order chi connectivity index (χ0) is 27.3. The number of aliphatic hydroxyl groups is 2. The van der Waals surface area contributed by atoms with E-state index >= 15 is 0 Å². The third-order valence-corrected chi connectivity index (χ3v) is 8.91. The van der Waals surface area contributed by atoms with E-state index in [0.29, 0.717) is 44.0 Å². The number of nitrogens with two attached hydrogens (primary N) is 1. The maximum atomic E-state index is 13.5. The molecule has 1 saturated carbocycles. The molecule has 0 unspecified atom stereocenters. The van der Waals surface area contributed by atoms with Gasteiger partial charge in [-0.2, -0.15) is 0 Å². The molecule has 7 heteroatoms. The zero-order valence-corrected chi connectivity index (χ0v) is 23.5. The Morgan fingerprint density at radius 1 is 1.21 bits per heavy atom. The first-order valence-corrected chi connectivity index (χ1v) is 14.5. The van der Waals surface area contributed by atoms with Crippen molar-refractivity contribution in [2.24, 2.45) is 17.6 Å². The zero-order valence-electron chi connectivity index (χ0n) is 22.7. The number of aliphatic hydroxyl groups excluding tert-OH is 1. The van der Waals surface area contributed by atoms with E-state index in [2.05, 4.69) is 25.1 Å². The second kappa shape index (κ2) is 12.9. The highest BCUT2D eigenvalue weighted by molar-refractivity contribution is 6.33. The van der Waals surface area contributed by atoms with E-state index in [1.54, 1.807) is 7.11 Å². The van der Waals surface area contributed by atoms with Gasteiger partial charge < -0.3 is 25.6 Å². The van der Waals surface area contributed by atoms with E-state index < -0.39 is 11.7 Å². The van der Waals surface area contributed by atoms with Gasteiger partial charge in [-0.3, -0.25) is 4.79 Å². The summed E-state index contributed by atoms with van der Waals surface area (Å²) in [4.78, 5) is 15.3. The van der Waals surface area contributed by atoms with Crippen molar-refractivity contribution in [3.8, 4) is 11.1 Å². The summed E-state index contributed by atoms with van der Waals surface area (Å²) in [7, 11) is 1.69. The Balaban J connectivity index is 1.69. The van der Waals surface area contributed by atoms with E-state index in [4.69, 9.17) is 22.1 Å². The average Bonchev–Trinajstić information content (AvgIpc) is 3.28. The van der Waals surface area contributed by atoms with Crippen molar-refractivity contribution in [2.75, 3.05) is 26.8 Å². The number of benzene rings is 2. The number of methoxy groups -OCH3 is 1. The molecule has 1 saturated heterocycles. The lowest BCUT2D eigenvalue weighted by Gasteiger charge is -2.44. The van der Waals surface area contributed by atoms with Crippen molar-refractivity contribution >= 4 is 17.5 Å². The molecule has 38 heavy (non-hydrogen) atoms. The second-order valence-corrected chi connectivity index (χ2v) is 11.5. The number of ether oxygens (including phenoxy) is 1. The molecule has 0 spiro atoms. The first kappa shape index (κ1) is 29.0. The molecule has 2 aliphatic rings. The number of aryl methyl sites for hydroxylation is 1. The highest BCUT2D eigenvalue weighted by Crippen LogP contribution is 2.46. The van der Waals surface area contributed by atoms with Gasteiger partial charge in [-0.25, -0.2) is 0 Å². The van der Waals surface area contributed by atoms with Gasteiger partial charge in [0.25, 0.3) is 0 Å². The molecule has 0 bridgehead atoms. The topological polar surface area (TPSA) is 96.0 Å². The minimum atomic E-state index is -1.17. The predicted octanol–water partition coefficient (Wildman–Crippen LogP) is 4.91. The van der Waals surface area contributed by atoms with E-state index in [1.165, 1.54) is 5.56 Å². The Bertz CT molecular complexity index is 1090. The fraction of sp³-hybridized carbons (Fsp3) is 0.581. The van der Waals surface area contributed by atoms with Crippen LogP contribution in [0, 0.1) is 11.8 Å². The van der Waals surface area contributed by atoms with Crippen molar-refractivity contribution in [1.82, 2.24) is 4.90 Å².